The maximum absolute atomic E-state index is 4.94. The van der Waals surface area contributed by atoms with Crippen molar-refractivity contribution in [3.05, 3.63) is 29.9 Å². The standard InChI is InChI=1S/C11H17N3O/c1-10(8-12-5-6-15-2)7-11-3-4-13-9-14-11/h3-4,7,9,12H,5-6,8H2,1-2H3. The molecule has 4 nitrogen and oxygen atoms in total. The van der Waals surface area contributed by atoms with Gasteiger partial charge >= 0.3 is 0 Å². The van der Waals surface area contributed by atoms with Crippen LogP contribution in [-0.4, -0.2) is 36.8 Å². The summed E-state index contributed by atoms with van der Waals surface area (Å²) in [6.45, 7) is 4.53. The van der Waals surface area contributed by atoms with Crippen LogP contribution in [0.4, 0.5) is 0 Å². The largest absolute Gasteiger partial charge is 0.383 e. The molecule has 0 atom stereocenters. The van der Waals surface area contributed by atoms with E-state index in [1.165, 1.54) is 5.57 Å². The smallest absolute Gasteiger partial charge is 0.115 e. The monoisotopic (exact) mass is 207 g/mol. The minimum absolute atomic E-state index is 0.737. The second-order valence-electron chi connectivity index (χ2n) is 3.29. The van der Waals surface area contributed by atoms with E-state index in [1.807, 2.05) is 12.1 Å². The summed E-state index contributed by atoms with van der Waals surface area (Å²) in [7, 11) is 1.70. The van der Waals surface area contributed by atoms with Gasteiger partial charge in [-0.25, -0.2) is 9.97 Å². The van der Waals surface area contributed by atoms with E-state index in [0.717, 1.165) is 25.4 Å². The lowest BCUT2D eigenvalue weighted by atomic mass is 10.2. The summed E-state index contributed by atoms with van der Waals surface area (Å²) in [4.78, 5) is 7.99. The van der Waals surface area contributed by atoms with Crippen LogP contribution in [0.25, 0.3) is 6.08 Å². The number of nitrogens with zero attached hydrogens (tertiary/aromatic N) is 2. The van der Waals surface area contributed by atoms with Crippen molar-refractivity contribution in [2.75, 3.05) is 26.8 Å². The maximum Gasteiger partial charge on any atom is 0.115 e. The lowest BCUT2D eigenvalue weighted by Crippen LogP contribution is -2.20. The van der Waals surface area contributed by atoms with E-state index in [-0.39, 0.29) is 0 Å². The van der Waals surface area contributed by atoms with Gasteiger partial charge in [0.2, 0.25) is 0 Å². The Labute approximate surface area is 90.4 Å². The Balaban J connectivity index is 2.33. The normalized spacial score (nSPS) is 11.7. The lowest BCUT2D eigenvalue weighted by molar-refractivity contribution is 0.200. The zero-order chi connectivity index (χ0) is 10.9. The molecule has 0 aliphatic carbocycles. The number of aromatic nitrogens is 2. The number of ether oxygens (including phenoxy) is 1. The number of nitrogens with one attached hydrogen (secondary N) is 1. The predicted octanol–water partition coefficient (Wildman–Crippen LogP) is 1.12. The third kappa shape index (κ3) is 5.24. The van der Waals surface area contributed by atoms with Crippen molar-refractivity contribution in [3.63, 3.8) is 0 Å². The summed E-state index contributed by atoms with van der Waals surface area (Å²) in [5, 5.41) is 3.27. The average molecular weight is 207 g/mol. The number of methoxy groups -OCH3 is 1. The molecular weight excluding hydrogens is 190 g/mol. The molecular formula is C11H17N3O. The molecule has 0 radical (unpaired) electrons. The summed E-state index contributed by atoms with van der Waals surface area (Å²) in [6, 6.07) is 1.89. The molecule has 0 amide bonds. The fraction of sp³-hybridized carbons (Fsp3) is 0.455. The highest BCUT2D eigenvalue weighted by Crippen LogP contribution is 2.00. The molecule has 0 bridgehead atoms. The predicted molar refractivity (Wildman–Crippen MR) is 60.4 cm³/mol. The highest BCUT2D eigenvalue weighted by atomic mass is 16.5. The van der Waals surface area contributed by atoms with Gasteiger partial charge in [0.15, 0.2) is 0 Å². The van der Waals surface area contributed by atoms with Crippen LogP contribution in [0.5, 0.6) is 0 Å². The first-order valence-corrected chi connectivity index (χ1v) is 4.96. The molecule has 82 valence electrons. The Kier molecular flexibility index (Phi) is 5.58. The minimum Gasteiger partial charge on any atom is -0.383 e. The Hall–Kier alpha value is -1.26. The fourth-order valence-corrected chi connectivity index (χ4v) is 1.15. The molecule has 0 aliphatic heterocycles. The van der Waals surface area contributed by atoms with Gasteiger partial charge in [0, 0.05) is 26.4 Å². The van der Waals surface area contributed by atoms with Crippen molar-refractivity contribution >= 4 is 6.08 Å². The number of hydrogen-bond acceptors (Lipinski definition) is 4. The van der Waals surface area contributed by atoms with Gasteiger partial charge in [-0.05, 0) is 19.1 Å². The molecule has 1 heterocycles. The van der Waals surface area contributed by atoms with Gasteiger partial charge in [0.25, 0.3) is 0 Å². The maximum atomic E-state index is 4.94. The van der Waals surface area contributed by atoms with Crippen molar-refractivity contribution in [1.82, 2.24) is 15.3 Å². The van der Waals surface area contributed by atoms with Crippen LogP contribution < -0.4 is 5.32 Å². The Morgan fingerprint density at radius 1 is 1.60 bits per heavy atom. The van der Waals surface area contributed by atoms with Gasteiger partial charge in [-0.15, -0.1) is 0 Å². The Morgan fingerprint density at radius 2 is 2.47 bits per heavy atom. The van der Waals surface area contributed by atoms with Gasteiger partial charge < -0.3 is 10.1 Å². The highest BCUT2D eigenvalue weighted by molar-refractivity contribution is 5.47. The summed E-state index contributed by atoms with van der Waals surface area (Å²) >= 11 is 0. The van der Waals surface area contributed by atoms with Crippen LogP contribution in [-0.2, 0) is 4.74 Å². The van der Waals surface area contributed by atoms with Gasteiger partial charge in [-0.1, -0.05) is 5.57 Å². The van der Waals surface area contributed by atoms with E-state index in [1.54, 1.807) is 19.6 Å². The number of rotatable bonds is 6. The first-order valence-electron chi connectivity index (χ1n) is 4.96. The van der Waals surface area contributed by atoms with Gasteiger partial charge in [0.1, 0.15) is 6.33 Å². The van der Waals surface area contributed by atoms with Crippen molar-refractivity contribution in [1.29, 1.82) is 0 Å². The van der Waals surface area contributed by atoms with Gasteiger partial charge in [0.05, 0.1) is 12.3 Å². The molecule has 0 unspecified atom stereocenters. The third-order valence-corrected chi connectivity index (χ3v) is 1.89. The zero-order valence-electron chi connectivity index (χ0n) is 9.23. The van der Waals surface area contributed by atoms with Crippen LogP contribution in [0.1, 0.15) is 12.6 Å². The lowest BCUT2D eigenvalue weighted by Gasteiger charge is -2.03. The van der Waals surface area contributed by atoms with Crippen molar-refractivity contribution in [2.24, 2.45) is 0 Å². The topological polar surface area (TPSA) is 47.0 Å². The summed E-state index contributed by atoms with van der Waals surface area (Å²) in [6.07, 6.45) is 5.34. The molecule has 1 aromatic rings. The molecule has 1 N–H and O–H groups in total. The molecule has 1 aromatic heterocycles. The summed E-state index contributed by atoms with van der Waals surface area (Å²) in [5.74, 6) is 0. The van der Waals surface area contributed by atoms with Crippen molar-refractivity contribution in [2.45, 2.75) is 6.92 Å². The highest BCUT2D eigenvalue weighted by Gasteiger charge is 1.92. The molecule has 0 fully saturated rings. The van der Waals surface area contributed by atoms with Crippen molar-refractivity contribution in [3.8, 4) is 0 Å². The first-order chi connectivity index (χ1) is 7.33. The van der Waals surface area contributed by atoms with Crippen LogP contribution in [0, 0.1) is 0 Å². The SMILES string of the molecule is COCCNCC(C)=Cc1ccncn1. The molecule has 0 aliphatic rings. The summed E-state index contributed by atoms with van der Waals surface area (Å²) in [5.41, 5.74) is 2.18. The van der Waals surface area contributed by atoms with E-state index < -0.39 is 0 Å². The summed E-state index contributed by atoms with van der Waals surface area (Å²) < 4.78 is 4.94. The minimum atomic E-state index is 0.737. The molecule has 0 saturated heterocycles. The quantitative estimate of drug-likeness (QED) is 0.710. The van der Waals surface area contributed by atoms with Crippen LogP contribution >= 0.6 is 0 Å². The van der Waals surface area contributed by atoms with E-state index in [0.29, 0.717) is 0 Å². The van der Waals surface area contributed by atoms with E-state index >= 15 is 0 Å². The molecule has 1 rings (SSSR count). The Bertz CT molecular complexity index is 298. The van der Waals surface area contributed by atoms with E-state index in [2.05, 4.69) is 22.2 Å². The van der Waals surface area contributed by atoms with Crippen LogP contribution in [0.3, 0.4) is 0 Å². The van der Waals surface area contributed by atoms with Crippen molar-refractivity contribution < 1.29 is 4.74 Å². The average Bonchev–Trinajstić information content (AvgIpc) is 2.26. The number of hydrogen-bond donors (Lipinski definition) is 1. The van der Waals surface area contributed by atoms with Gasteiger partial charge in [-0.3, -0.25) is 0 Å². The third-order valence-electron chi connectivity index (χ3n) is 1.89. The van der Waals surface area contributed by atoms with Gasteiger partial charge in [-0.2, -0.15) is 0 Å². The second-order valence-corrected chi connectivity index (χ2v) is 3.29. The molecule has 0 saturated carbocycles. The molecule has 15 heavy (non-hydrogen) atoms. The molecule has 4 heteroatoms. The first kappa shape index (κ1) is 11.8. The zero-order valence-corrected chi connectivity index (χ0v) is 9.23. The van der Waals surface area contributed by atoms with Crippen LogP contribution in [0.15, 0.2) is 24.2 Å². The van der Waals surface area contributed by atoms with E-state index in [9.17, 15) is 0 Å². The molecule has 0 spiro atoms. The van der Waals surface area contributed by atoms with Crippen LogP contribution in [0.2, 0.25) is 0 Å². The molecule has 0 aromatic carbocycles. The second kappa shape index (κ2) is 7.09. The fourth-order valence-electron chi connectivity index (χ4n) is 1.15. The van der Waals surface area contributed by atoms with E-state index in [4.69, 9.17) is 4.74 Å². The Morgan fingerprint density at radius 3 is 3.13 bits per heavy atom.